The highest BCUT2D eigenvalue weighted by Gasteiger charge is 2.45. The molecule has 0 aliphatic carbocycles. The molecule has 2 aromatic rings. The van der Waals surface area contributed by atoms with E-state index in [2.05, 4.69) is 22.2 Å². The molecule has 2 aliphatic heterocycles. The number of nitrogens with zero attached hydrogens (tertiary/aromatic N) is 2. The molecule has 0 radical (unpaired) electrons. The Morgan fingerprint density at radius 1 is 1.36 bits per heavy atom. The summed E-state index contributed by atoms with van der Waals surface area (Å²) in [5.74, 6) is 2.36. The second-order valence-electron chi connectivity index (χ2n) is 6.26. The maximum atomic E-state index is 9.72. The Hall–Kier alpha value is -1.85. The minimum absolute atomic E-state index is 0.195. The van der Waals surface area contributed by atoms with Gasteiger partial charge >= 0.3 is 0 Å². The molecule has 1 aromatic carbocycles. The van der Waals surface area contributed by atoms with Crippen LogP contribution in [0, 0.1) is 18.8 Å². The molecule has 0 bridgehead atoms. The summed E-state index contributed by atoms with van der Waals surface area (Å²) in [7, 11) is 0. The van der Waals surface area contributed by atoms with Crippen molar-refractivity contribution in [1.29, 1.82) is 0 Å². The Morgan fingerprint density at radius 2 is 2.23 bits per heavy atom. The van der Waals surface area contributed by atoms with Gasteiger partial charge in [-0.15, -0.1) is 0 Å². The van der Waals surface area contributed by atoms with Crippen LogP contribution in [0.15, 0.2) is 34.9 Å². The topological polar surface area (TPSA) is 58.7 Å². The first kappa shape index (κ1) is 13.8. The average molecular weight is 300 g/mol. The van der Waals surface area contributed by atoms with Crippen molar-refractivity contribution in [2.75, 3.05) is 19.8 Å². The first-order valence-electron chi connectivity index (χ1n) is 7.75. The minimum Gasteiger partial charge on any atom is -0.493 e. The summed E-state index contributed by atoms with van der Waals surface area (Å²) in [4.78, 5) is 2.39. The van der Waals surface area contributed by atoms with Gasteiger partial charge in [-0.3, -0.25) is 4.90 Å². The van der Waals surface area contributed by atoms with E-state index in [0.717, 1.165) is 30.3 Å². The molecular weight excluding hydrogens is 280 g/mol. The average Bonchev–Trinajstić information content (AvgIpc) is 3.11. The lowest BCUT2D eigenvalue weighted by molar-refractivity contribution is 0.117. The van der Waals surface area contributed by atoms with Crippen LogP contribution in [0.2, 0.25) is 0 Å². The van der Waals surface area contributed by atoms with Gasteiger partial charge in [-0.1, -0.05) is 23.4 Å². The monoisotopic (exact) mass is 300 g/mol. The third-order valence-corrected chi connectivity index (χ3v) is 4.82. The summed E-state index contributed by atoms with van der Waals surface area (Å²) >= 11 is 0. The number of aliphatic hydroxyl groups is 1. The maximum absolute atomic E-state index is 9.72. The number of hydrogen-bond donors (Lipinski definition) is 1. The highest BCUT2D eigenvalue weighted by atomic mass is 16.5. The van der Waals surface area contributed by atoms with Crippen molar-refractivity contribution in [3.63, 3.8) is 0 Å². The smallest absolute Gasteiger partial charge is 0.133 e. The van der Waals surface area contributed by atoms with Crippen LogP contribution >= 0.6 is 0 Å². The zero-order valence-electron chi connectivity index (χ0n) is 12.6. The Labute approximate surface area is 129 Å². The Morgan fingerprint density at radius 3 is 3.00 bits per heavy atom. The van der Waals surface area contributed by atoms with Crippen LogP contribution in [-0.2, 0) is 6.54 Å². The van der Waals surface area contributed by atoms with Crippen molar-refractivity contribution in [2.45, 2.75) is 19.5 Å². The summed E-state index contributed by atoms with van der Waals surface area (Å²) in [5.41, 5.74) is 2.16. The van der Waals surface area contributed by atoms with E-state index >= 15 is 0 Å². The van der Waals surface area contributed by atoms with Gasteiger partial charge in [0.15, 0.2) is 0 Å². The van der Waals surface area contributed by atoms with Gasteiger partial charge in [0.05, 0.1) is 12.3 Å². The quantitative estimate of drug-likeness (QED) is 0.941. The van der Waals surface area contributed by atoms with Crippen LogP contribution < -0.4 is 4.74 Å². The first-order chi connectivity index (χ1) is 10.8. The second-order valence-corrected chi connectivity index (χ2v) is 6.26. The molecule has 0 spiro atoms. The zero-order valence-corrected chi connectivity index (χ0v) is 12.6. The fourth-order valence-corrected chi connectivity index (χ4v) is 3.83. The molecule has 4 rings (SSSR count). The molecule has 1 N–H and O–H groups in total. The number of hydrogen-bond acceptors (Lipinski definition) is 5. The summed E-state index contributed by atoms with van der Waals surface area (Å²) < 4.78 is 11.1. The van der Waals surface area contributed by atoms with Crippen LogP contribution in [0.1, 0.15) is 23.1 Å². The van der Waals surface area contributed by atoms with Gasteiger partial charge in [0, 0.05) is 49.2 Å². The van der Waals surface area contributed by atoms with Gasteiger partial charge in [0.1, 0.15) is 11.5 Å². The minimum atomic E-state index is 0.195. The third-order valence-electron chi connectivity index (χ3n) is 4.82. The summed E-state index contributed by atoms with van der Waals surface area (Å²) in [6.07, 6.45) is 0. The van der Waals surface area contributed by atoms with Crippen molar-refractivity contribution in [1.82, 2.24) is 10.1 Å². The molecule has 3 heterocycles. The normalized spacial score (nSPS) is 27.3. The van der Waals surface area contributed by atoms with E-state index in [1.165, 1.54) is 5.56 Å². The lowest BCUT2D eigenvalue weighted by atomic mass is 9.86. The number of aryl methyl sites for hydroxylation is 1. The van der Waals surface area contributed by atoms with Crippen molar-refractivity contribution >= 4 is 0 Å². The van der Waals surface area contributed by atoms with Crippen molar-refractivity contribution < 1.29 is 14.4 Å². The predicted octanol–water partition coefficient (Wildman–Crippen LogP) is 2.16. The maximum Gasteiger partial charge on any atom is 0.133 e. The van der Waals surface area contributed by atoms with E-state index in [1.54, 1.807) is 0 Å². The molecule has 3 atom stereocenters. The van der Waals surface area contributed by atoms with E-state index in [4.69, 9.17) is 9.26 Å². The number of para-hydroxylation sites is 1. The number of aliphatic hydroxyl groups excluding tert-OH is 1. The molecule has 0 saturated carbocycles. The van der Waals surface area contributed by atoms with Crippen molar-refractivity contribution in [2.24, 2.45) is 11.8 Å². The molecule has 2 aliphatic rings. The van der Waals surface area contributed by atoms with Gasteiger partial charge < -0.3 is 14.4 Å². The highest BCUT2D eigenvalue weighted by molar-refractivity contribution is 5.39. The Kier molecular flexibility index (Phi) is 3.39. The van der Waals surface area contributed by atoms with Crippen LogP contribution in [0.4, 0.5) is 0 Å². The van der Waals surface area contributed by atoms with E-state index in [-0.39, 0.29) is 18.6 Å². The largest absolute Gasteiger partial charge is 0.493 e. The van der Waals surface area contributed by atoms with E-state index in [9.17, 15) is 5.11 Å². The van der Waals surface area contributed by atoms with Crippen molar-refractivity contribution in [3.8, 4) is 5.75 Å². The third kappa shape index (κ3) is 2.21. The van der Waals surface area contributed by atoms with Gasteiger partial charge in [-0.2, -0.15) is 0 Å². The zero-order chi connectivity index (χ0) is 15.1. The summed E-state index contributed by atoms with van der Waals surface area (Å²) in [6, 6.07) is 10.5. The number of fused-ring (bicyclic) bond motifs is 3. The number of likely N-dealkylation sites (tertiary alicyclic amines) is 1. The van der Waals surface area contributed by atoms with Gasteiger partial charge in [0.2, 0.25) is 0 Å². The molecule has 5 nitrogen and oxygen atoms in total. The summed E-state index contributed by atoms with van der Waals surface area (Å²) in [6.45, 7) is 4.37. The molecule has 1 aromatic heterocycles. The number of ether oxygens (including phenoxy) is 1. The van der Waals surface area contributed by atoms with Crippen LogP contribution in [0.25, 0.3) is 0 Å². The van der Waals surface area contributed by atoms with Gasteiger partial charge in [-0.25, -0.2) is 0 Å². The lowest BCUT2D eigenvalue weighted by Gasteiger charge is -2.34. The molecule has 22 heavy (non-hydrogen) atoms. The number of aromatic nitrogens is 1. The molecule has 1 fully saturated rings. The number of rotatable bonds is 3. The SMILES string of the molecule is Cc1cc(CN2C[C@@H](CO)[C@@H]3COc4ccccc4[C@@H]32)no1. The Bertz CT molecular complexity index is 669. The van der Waals surface area contributed by atoms with Crippen LogP contribution in [0.3, 0.4) is 0 Å². The van der Waals surface area contributed by atoms with Gasteiger partial charge in [0.25, 0.3) is 0 Å². The highest BCUT2D eigenvalue weighted by Crippen LogP contribution is 2.47. The van der Waals surface area contributed by atoms with E-state index < -0.39 is 0 Å². The first-order valence-corrected chi connectivity index (χ1v) is 7.75. The van der Waals surface area contributed by atoms with Gasteiger partial charge in [-0.05, 0) is 13.0 Å². The van der Waals surface area contributed by atoms with Crippen LogP contribution in [-0.4, -0.2) is 34.9 Å². The van der Waals surface area contributed by atoms with Crippen molar-refractivity contribution in [3.05, 3.63) is 47.3 Å². The molecule has 5 heteroatoms. The molecular formula is C17H20N2O3. The van der Waals surface area contributed by atoms with E-state index in [1.807, 2.05) is 25.1 Å². The standard InChI is InChI=1S/C17H20N2O3/c1-11-6-13(18-22-11)8-19-7-12(9-20)15-10-21-16-5-3-2-4-14(16)17(15)19/h2-6,12,15,17,20H,7-10H2,1H3/t12-,15-,17-/m0/s1. The number of benzene rings is 1. The second kappa shape index (κ2) is 5.41. The molecule has 1 saturated heterocycles. The van der Waals surface area contributed by atoms with E-state index in [0.29, 0.717) is 12.5 Å². The lowest BCUT2D eigenvalue weighted by Crippen LogP contribution is -2.32. The molecule has 0 amide bonds. The molecule has 116 valence electrons. The van der Waals surface area contributed by atoms with Crippen LogP contribution in [0.5, 0.6) is 5.75 Å². The summed E-state index contributed by atoms with van der Waals surface area (Å²) in [5, 5.41) is 13.8. The fourth-order valence-electron chi connectivity index (χ4n) is 3.83. The molecule has 0 unspecified atom stereocenters. The fraction of sp³-hybridized carbons (Fsp3) is 0.471. The predicted molar refractivity (Wildman–Crippen MR) is 80.4 cm³/mol. The Balaban J connectivity index is 1.67.